The molecule has 0 atom stereocenters. The standard InChI is InChI=1S/C24H30O/c1-19(16-17-25)8-7-11-23(24(2,3)4)15-13-20-12-14-21-9-5-6-10-22(21)18-20/h7-8,11-18H,5-6,9-10H2,1-4H3/b8-7+,15-13+,19-16+,23-11-. The number of rotatable bonds is 5. The van der Waals surface area contributed by atoms with Gasteiger partial charge in [0.25, 0.3) is 0 Å². The Morgan fingerprint density at radius 2 is 1.72 bits per heavy atom. The first-order valence-corrected chi connectivity index (χ1v) is 9.21. The summed E-state index contributed by atoms with van der Waals surface area (Å²) >= 11 is 0. The van der Waals surface area contributed by atoms with Crippen LogP contribution < -0.4 is 0 Å². The number of fused-ring (bicyclic) bond motifs is 1. The third kappa shape index (κ3) is 6.01. The van der Waals surface area contributed by atoms with Gasteiger partial charge in [-0.1, -0.05) is 69.4 Å². The molecule has 2 rings (SSSR count). The second-order valence-electron chi connectivity index (χ2n) is 7.85. The zero-order valence-electron chi connectivity index (χ0n) is 16.0. The summed E-state index contributed by atoms with van der Waals surface area (Å²) in [6.45, 7) is 8.59. The first kappa shape index (κ1) is 19.2. The van der Waals surface area contributed by atoms with Crippen molar-refractivity contribution in [1.82, 2.24) is 0 Å². The van der Waals surface area contributed by atoms with Crippen LogP contribution in [0.25, 0.3) is 6.08 Å². The third-order valence-electron chi connectivity index (χ3n) is 4.66. The van der Waals surface area contributed by atoms with E-state index in [0.29, 0.717) is 0 Å². The molecular formula is C24H30O. The van der Waals surface area contributed by atoms with Crippen molar-refractivity contribution in [1.29, 1.82) is 0 Å². The summed E-state index contributed by atoms with van der Waals surface area (Å²) in [4.78, 5) is 10.5. The van der Waals surface area contributed by atoms with Gasteiger partial charge < -0.3 is 0 Å². The Kier molecular flexibility index (Phi) is 6.75. The van der Waals surface area contributed by atoms with E-state index in [9.17, 15) is 4.79 Å². The highest BCUT2D eigenvalue weighted by atomic mass is 16.1. The zero-order valence-corrected chi connectivity index (χ0v) is 16.0. The van der Waals surface area contributed by atoms with Gasteiger partial charge in [-0.05, 0) is 71.9 Å². The molecule has 0 fully saturated rings. The summed E-state index contributed by atoms with van der Waals surface area (Å²) in [7, 11) is 0. The van der Waals surface area contributed by atoms with Gasteiger partial charge in [0.15, 0.2) is 0 Å². The fraction of sp³-hybridized carbons (Fsp3) is 0.375. The molecule has 0 bridgehead atoms. The Balaban J connectivity index is 2.20. The number of aldehydes is 1. The highest BCUT2D eigenvalue weighted by Gasteiger charge is 2.14. The maximum absolute atomic E-state index is 10.5. The van der Waals surface area contributed by atoms with Gasteiger partial charge in [0.1, 0.15) is 6.29 Å². The van der Waals surface area contributed by atoms with E-state index in [2.05, 4.69) is 57.2 Å². The van der Waals surface area contributed by atoms with Crippen molar-refractivity contribution < 1.29 is 4.79 Å². The van der Waals surface area contributed by atoms with E-state index in [-0.39, 0.29) is 5.41 Å². The Labute approximate surface area is 152 Å². The molecule has 132 valence electrons. The van der Waals surface area contributed by atoms with Crippen LogP contribution >= 0.6 is 0 Å². The maximum Gasteiger partial charge on any atom is 0.143 e. The minimum Gasteiger partial charge on any atom is -0.299 e. The van der Waals surface area contributed by atoms with E-state index in [0.717, 1.165) is 11.9 Å². The summed E-state index contributed by atoms with van der Waals surface area (Å²) in [5.41, 5.74) is 6.60. The van der Waals surface area contributed by atoms with Crippen LogP contribution in [0.5, 0.6) is 0 Å². The second-order valence-corrected chi connectivity index (χ2v) is 7.85. The largest absolute Gasteiger partial charge is 0.299 e. The molecular weight excluding hydrogens is 304 g/mol. The van der Waals surface area contributed by atoms with Gasteiger partial charge in [-0.25, -0.2) is 0 Å². The van der Waals surface area contributed by atoms with Crippen molar-refractivity contribution in [2.24, 2.45) is 5.41 Å². The third-order valence-corrected chi connectivity index (χ3v) is 4.66. The molecule has 1 nitrogen and oxygen atoms in total. The molecule has 0 aromatic heterocycles. The van der Waals surface area contributed by atoms with Gasteiger partial charge in [-0.3, -0.25) is 4.79 Å². The molecule has 0 saturated carbocycles. The van der Waals surface area contributed by atoms with E-state index in [1.54, 1.807) is 6.08 Å². The minimum atomic E-state index is 0.0668. The predicted molar refractivity (Wildman–Crippen MR) is 109 cm³/mol. The number of carbonyl (C=O) groups is 1. The number of hydrogen-bond donors (Lipinski definition) is 0. The van der Waals surface area contributed by atoms with Gasteiger partial charge in [0, 0.05) is 0 Å². The summed E-state index contributed by atoms with van der Waals surface area (Å²) < 4.78 is 0. The minimum absolute atomic E-state index is 0.0668. The van der Waals surface area contributed by atoms with Gasteiger partial charge in [0.2, 0.25) is 0 Å². The summed E-state index contributed by atoms with van der Waals surface area (Å²) in [6, 6.07) is 6.87. The molecule has 0 unspecified atom stereocenters. The number of allylic oxidation sites excluding steroid dienone is 7. The number of hydrogen-bond acceptors (Lipinski definition) is 1. The quantitative estimate of drug-likeness (QED) is 0.353. The van der Waals surface area contributed by atoms with Crippen molar-refractivity contribution in [3.8, 4) is 0 Å². The Morgan fingerprint density at radius 1 is 1.00 bits per heavy atom. The van der Waals surface area contributed by atoms with E-state index in [4.69, 9.17) is 0 Å². The lowest BCUT2D eigenvalue weighted by Gasteiger charge is -2.20. The number of carbonyl (C=O) groups excluding carboxylic acids is 1. The van der Waals surface area contributed by atoms with Gasteiger partial charge in [0.05, 0.1) is 0 Å². The molecule has 0 N–H and O–H groups in total. The molecule has 1 heteroatoms. The highest BCUT2D eigenvalue weighted by molar-refractivity contribution is 5.67. The van der Waals surface area contributed by atoms with Crippen molar-refractivity contribution in [2.75, 3.05) is 0 Å². The van der Waals surface area contributed by atoms with Gasteiger partial charge in [-0.15, -0.1) is 0 Å². The fourth-order valence-electron chi connectivity index (χ4n) is 3.07. The molecule has 1 aromatic rings. The maximum atomic E-state index is 10.5. The Bertz CT molecular complexity index is 721. The lowest BCUT2D eigenvalue weighted by atomic mass is 9.85. The second kappa shape index (κ2) is 8.80. The van der Waals surface area contributed by atoms with E-state index in [1.165, 1.54) is 47.9 Å². The van der Waals surface area contributed by atoms with Crippen LogP contribution in [0.3, 0.4) is 0 Å². The van der Waals surface area contributed by atoms with Crippen LogP contribution in [0.15, 0.2) is 59.7 Å². The smallest absolute Gasteiger partial charge is 0.143 e. The van der Waals surface area contributed by atoms with Crippen molar-refractivity contribution in [3.05, 3.63) is 76.4 Å². The predicted octanol–water partition coefficient (Wildman–Crippen LogP) is 6.25. The summed E-state index contributed by atoms with van der Waals surface area (Å²) in [6.07, 6.45) is 18.0. The van der Waals surface area contributed by atoms with Crippen LogP contribution in [0, 0.1) is 5.41 Å². The van der Waals surface area contributed by atoms with Crippen LogP contribution in [0.2, 0.25) is 0 Å². The normalized spacial score (nSPS) is 16.5. The summed E-state index contributed by atoms with van der Waals surface area (Å²) in [5, 5.41) is 0. The van der Waals surface area contributed by atoms with E-state index >= 15 is 0 Å². The topological polar surface area (TPSA) is 17.1 Å². The average molecular weight is 335 g/mol. The first-order chi connectivity index (χ1) is 11.9. The van der Waals surface area contributed by atoms with E-state index < -0.39 is 0 Å². The highest BCUT2D eigenvalue weighted by Crippen LogP contribution is 2.28. The summed E-state index contributed by atoms with van der Waals surface area (Å²) in [5.74, 6) is 0. The SMILES string of the molecule is CC(/C=C/C=C(/C=C/c1ccc2c(c1)CCCC2)C(C)(C)C)=C\C=O. The molecule has 25 heavy (non-hydrogen) atoms. The van der Waals surface area contributed by atoms with Gasteiger partial charge >= 0.3 is 0 Å². The van der Waals surface area contributed by atoms with Crippen molar-refractivity contribution >= 4 is 12.4 Å². The average Bonchev–Trinajstić information content (AvgIpc) is 2.57. The molecule has 1 aliphatic carbocycles. The van der Waals surface area contributed by atoms with Gasteiger partial charge in [-0.2, -0.15) is 0 Å². The first-order valence-electron chi connectivity index (χ1n) is 9.21. The zero-order chi connectivity index (χ0) is 18.3. The fourth-order valence-corrected chi connectivity index (χ4v) is 3.07. The number of benzene rings is 1. The lowest BCUT2D eigenvalue weighted by molar-refractivity contribution is -0.104. The molecule has 0 aliphatic heterocycles. The van der Waals surface area contributed by atoms with Crippen LogP contribution in [0.4, 0.5) is 0 Å². The lowest BCUT2D eigenvalue weighted by Crippen LogP contribution is -2.07. The molecule has 1 aliphatic rings. The van der Waals surface area contributed by atoms with E-state index in [1.807, 2.05) is 19.1 Å². The van der Waals surface area contributed by atoms with Crippen molar-refractivity contribution in [3.63, 3.8) is 0 Å². The molecule has 0 saturated heterocycles. The Hall–Kier alpha value is -2.15. The molecule has 0 radical (unpaired) electrons. The van der Waals surface area contributed by atoms with Crippen LogP contribution in [0.1, 0.15) is 57.2 Å². The molecule has 0 spiro atoms. The Morgan fingerprint density at radius 3 is 2.40 bits per heavy atom. The van der Waals surface area contributed by atoms with Crippen LogP contribution in [-0.2, 0) is 17.6 Å². The van der Waals surface area contributed by atoms with Crippen LogP contribution in [-0.4, -0.2) is 6.29 Å². The number of aryl methyl sites for hydroxylation is 2. The molecule has 0 amide bonds. The van der Waals surface area contributed by atoms with Crippen molar-refractivity contribution in [2.45, 2.75) is 53.4 Å². The molecule has 0 heterocycles. The molecule has 1 aromatic carbocycles. The monoisotopic (exact) mass is 334 g/mol.